The summed E-state index contributed by atoms with van der Waals surface area (Å²) in [5.74, 6) is 0. The summed E-state index contributed by atoms with van der Waals surface area (Å²) < 4.78 is 29.3. The molecule has 1 aromatic carbocycles. The van der Waals surface area contributed by atoms with Gasteiger partial charge < -0.3 is 5.32 Å². The van der Waals surface area contributed by atoms with E-state index in [-0.39, 0.29) is 5.03 Å². The second kappa shape index (κ2) is 6.84. The zero-order valence-electron chi connectivity index (χ0n) is 16.5. The van der Waals surface area contributed by atoms with Crippen molar-refractivity contribution >= 4 is 21.7 Å². The average Bonchev–Trinajstić information content (AvgIpc) is 3.39. The van der Waals surface area contributed by atoms with E-state index in [4.69, 9.17) is 0 Å². The number of carbonyl (C=O) groups is 1. The van der Waals surface area contributed by atoms with Crippen molar-refractivity contribution in [1.29, 1.82) is 0 Å². The van der Waals surface area contributed by atoms with Crippen LogP contribution in [0, 0.1) is 0 Å². The largest absolute Gasteiger partial charge is 0.333 e. The van der Waals surface area contributed by atoms with Crippen molar-refractivity contribution in [3.63, 3.8) is 0 Å². The molecule has 0 bridgehead atoms. The lowest BCUT2D eigenvalue weighted by Crippen LogP contribution is -2.35. The Morgan fingerprint density at radius 2 is 1.72 bits per heavy atom. The lowest BCUT2D eigenvalue weighted by atomic mass is 9.99. The molecule has 0 fully saturated rings. The first-order valence-electron chi connectivity index (χ1n) is 10.2. The van der Waals surface area contributed by atoms with E-state index in [2.05, 4.69) is 26.1 Å². The molecule has 5 rings (SSSR count). The van der Waals surface area contributed by atoms with E-state index in [1.54, 1.807) is 10.7 Å². The van der Waals surface area contributed by atoms with Crippen LogP contribution in [0.3, 0.4) is 0 Å². The van der Waals surface area contributed by atoms with E-state index in [0.29, 0.717) is 13.1 Å². The van der Waals surface area contributed by atoms with Gasteiger partial charge in [0.15, 0.2) is 5.03 Å². The lowest BCUT2D eigenvalue weighted by molar-refractivity contribution is 0.256. The maximum Gasteiger partial charge on any atom is 0.333 e. The summed E-state index contributed by atoms with van der Waals surface area (Å²) in [6.07, 6.45) is 6.03. The number of carbonyl (C=O) groups excluding carboxylic acids is 1. The van der Waals surface area contributed by atoms with Crippen LogP contribution in [0.5, 0.6) is 0 Å². The fraction of sp³-hybridized carbons (Fsp3) is 0.500. The van der Waals surface area contributed by atoms with Crippen molar-refractivity contribution in [1.82, 2.24) is 19.4 Å². The molecule has 29 heavy (non-hydrogen) atoms. The van der Waals surface area contributed by atoms with E-state index in [0.717, 1.165) is 56.5 Å². The smallest absolute Gasteiger partial charge is 0.307 e. The van der Waals surface area contributed by atoms with Crippen LogP contribution in [0.25, 0.3) is 0 Å². The molecule has 1 aromatic heterocycles. The van der Waals surface area contributed by atoms with Crippen molar-refractivity contribution in [3.05, 3.63) is 40.1 Å². The normalized spacial score (nSPS) is 18.2. The topological polar surface area (TPSA) is 96.3 Å². The minimum Gasteiger partial charge on any atom is -0.307 e. The first-order valence-corrected chi connectivity index (χ1v) is 11.6. The number of hydrogen-bond donors (Lipinski definition) is 2. The minimum absolute atomic E-state index is 0.110. The summed E-state index contributed by atoms with van der Waals surface area (Å²) in [6.45, 7) is 2.08. The van der Waals surface area contributed by atoms with E-state index in [9.17, 15) is 13.2 Å². The maximum absolute atomic E-state index is 12.7. The maximum atomic E-state index is 12.7. The number of likely N-dealkylation sites (N-methyl/N-ethyl adjacent to an activating group) is 1. The Hall–Kier alpha value is -2.39. The van der Waals surface area contributed by atoms with Crippen LogP contribution in [0.1, 0.15) is 40.8 Å². The zero-order chi connectivity index (χ0) is 20.2. The molecule has 1 aliphatic heterocycles. The molecule has 0 unspecified atom stereocenters. The second-order valence-corrected chi connectivity index (χ2v) is 9.86. The lowest BCUT2D eigenvalue weighted by Gasteiger charge is -2.22. The van der Waals surface area contributed by atoms with Crippen molar-refractivity contribution in [2.24, 2.45) is 0 Å². The van der Waals surface area contributed by atoms with Gasteiger partial charge in [-0.15, -0.1) is 0 Å². The van der Waals surface area contributed by atoms with Crippen LogP contribution in [-0.4, -0.2) is 42.7 Å². The number of rotatable bonds is 3. The summed E-state index contributed by atoms with van der Waals surface area (Å²) in [7, 11) is -2.05. The Bertz CT molecular complexity index is 1070. The van der Waals surface area contributed by atoms with Crippen LogP contribution >= 0.6 is 0 Å². The Balaban J connectivity index is 1.38. The van der Waals surface area contributed by atoms with Crippen molar-refractivity contribution < 1.29 is 13.2 Å². The average molecular weight is 416 g/mol. The van der Waals surface area contributed by atoms with Gasteiger partial charge in [0.2, 0.25) is 0 Å². The minimum atomic E-state index is -4.03. The number of aromatic nitrogens is 2. The highest BCUT2D eigenvalue weighted by molar-refractivity contribution is 7.90. The Labute approximate surface area is 170 Å². The van der Waals surface area contributed by atoms with Crippen molar-refractivity contribution in [2.45, 2.75) is 56.6 Å². The third kappa shape index (κ3) is 3.32. The summed E-state index contributed by atoms with van der Waals surface area (Å²) in [6, 6.07) is 3.10. The molecule has 154 valence electrons. The van der Waals surface area contributed by atoms with E-state index in [1.807, 2.05) is 7.05 Å². The van der Waals surface area contributed by atoms with Crippen molar-refractivity contribution in [2.75, 3.05) is 18.9 Å². The predicted molar refractivity (Wildman–Crippen MR) is 108 cm³/mol. The number of aryl methyl sites for hydroxylation is 2. The molecule has 2 heterocycles. The van der Waals surface area contributed by atoms with Crippen LogP contribution in [0.4, 0.5) is 10.5 Å². The quantitative estimate of drug-likeness (QED) is 0.797. The number of amides is 2. The van der Waals surface area contributed by atoms with Gasteiger partial charge in [-0.3, -0.25) is 9.58 Å². The number of anilines is 1. The van der Waals surface area contributed by atoms with Gasteiger partial charge >= 0.3 is 6.03 Å². The number of nitrogens with one attached hydrogen (secondary N) is 2. The third-order valence-electron chi connectivity index (χ3n) is 6.18. The number of nitrogens with zero attached hydrogens (tertiary/aromatic N) is 3. The summed E-state index contributed by atoms with van der Waals surface area (Å²) >= 11 is 0. The molecule has 2 N–H and O–H groups in total. The van der Waals surface area contributed by atoms with Gasteiger partial charge in [-0.05, 0) is 67.8 Å². The van der Waals surface area contributed by atoms with Gasteiger partial charge in [0.25, 0.3) is 10.0 Å². The van der Waals surface area contributed by atoms with Crippen molar-refractivity contribution in [3.8, 4) is 0 Å². The highest BCUT2D eigenvalue weighted by Crippen LogP contribution is 2.38. The molecule has 0 atom stereocenters. The van der Waals surface area contributed by atoms with Crippen LogP contribution in [0.15, 0.2) is 17.2 Å². The summed E-state index contributed by atoms with van der Waals surface area (Å²) in [5, 5.41) is 6.95. The summed E-state index contributed by atoms with van der Waals surface area (Å²) in [5.41, 5.74) is 6.56. The monoisotopic (exact) mass is 415 g/mol. The first-order chi connectivity index (χ1) is 13.9. The van der Waals surface area contributed by atoms with Gasteiger partial charge in [-0.2, -0.15) is 13.5 Å². The Kier molecular flexibility index (Phi) is 4.40. The Morgan fingerprint density at radius 1 is 1.03 bits per heavy atom. The van der Waals surface area contributed by atoms with Gasteiger partial charge in [0.1, 0.15) is 0 Å². The second-order valence-electron chi connectivity index (χ2n) is 8.23. The van der Waals surface area contributed by atoms with Gasteiger partial charge in [0.05, 0.1) is 12.2 Å². The zero-order valence-corrected chi connectivity index (χ0v) is 17.3. The van der Waals surface area contributed by atoms with E-state index in [1.165, 1.54) is 22.3 Å². The molecule has 2 aliphatic carbocycles. The highest BCUT2D eigenvalue weighted by atomic mass is 32.2. The molecule has 8 nitrogen and oxygen atoms in total. The predicted octanol–water partition coefficient (Wildman–Crippen LogP) is 1.82. The van der Waals surface area contributed by atoms with E-state index < -0.39 is 16.1 Å². The molecule has 0 radical (unpaired) electrons. The van der Waals surface area contributed by atoms with E-state index >= 15 is 0 Å². The van der Waals surface area contributed by atoms with Gasteiger partial charge in [-0.25, -0.2) is 9.52 Å². The van der Waals surface area contributed by atoms with Gasteiger partial charge in [0, 0.05) is 24.8 Å². The molecule has 0 saturated heterocycles. The van der Waals surface area contributed by atoms with Crippen LogP contribution < -0.4 is 10.0 Å². The number of hydrogen-bond acceptors (Lipinski definition) is 5. The number of benzene rings is 1. The third-order valence-corrected chi connectivity index (χ3v) is 7.38. The molecule has 3 aliphatic rings. The van der Waals surface area contributed by atoms with Gasteiger partial charge in [-0.1, -0.05) is 6.07 Å². The highest BCUT2D eigenvalue weighted by Gasteiger charge is 2.28. The number of fused-ring (bicyclic) bond motifs is 3. The molecular formula is C20H25N5O3S. The fourth-order valence-electron chi connectivity index (χ4n) is 4.78. The molecule has 9 heteroatoms. The summed E-state index contributed by atoms with van der Waals surface area (Å²) in [4.78, 5) is 14.8. The molecular weight excluding hydrogens is 390 g/mol. The molecule has 2 amide bonds. The molecule has 0 saturated carbocycles. The standard InChI is InChI=1S/C20H25N5O3S/c1-24-8-9-25-15(12-24)11-18(22-25)29(27,28)23-20(26)21-19-16-6-2-4-13(16)10-14-5-3-7-17(14)19/h10-11H,2-9,12H2,1H3,(H2,21,23,26). The SMILES string of the molecule is CN1CCn2nc(S(=O)(=O)NC(=O)Nc3c4c(cc5c3CCC5)CCC4)cc2C1. The van der Waals surface area contributed by atoms with Crippen LogP contribution in [0.2, 0.25) is 0 Å². The number of sulfonamides is 1. The molecule has 0 spiro atoms. The van der Waals surface area contributed by atoms with Crippen LogP contribution in [-0.2, 0) is 48.8 Å². The molecule has 2 aromatic rings. The first kappa shape index (κ1) is 18.6. The Morgan fingerprint density at radius 3 is 2.41 bits per heavy atom. The number of urea groups is 1. The fourth-order valence-corrected chi connectivity index (χ4v) is 5.68.